The molecule has 1 atom stereocenters. The van der Waals surface area contributed by atoms with Gasteiger partial charge >= 0.3 is 5.97 Å². The van der Waals surface area contributed by atoms with Crippen LogP contribution in [-0.4, -0.2) is 21.2 Å². The molecule has 1 aromatic heterocycles. The van der Waals surface area contributed by atoms with Gasteiger partial charge in [0, 0.05) is 5.92 Å². The third-order valence-electron chi connectivity index (χ3n) is 3.22. The Kier molecular flexibility index (Phi) is 4.87. The van der Waals surface area contributed by atoms with Crippen molar-refractivity contribution < 1.29 is 9.53 Å². The molecule has 1 heterocycles. The normalized spacial score (nSPS) is 12.3. The lowest BCUT2D eigenvalue weighted by Crippen LogP contribution is -2.16. The zero-order valence-electron chi connectivity index (χ0n) is 11.7. The highest BCUT2D eigenvalue weighted by Gasteiger charge is 2.22. The van der Waals surface area contributed by atoms with Crippen LogP contribution in [0.1, 0.15) is 37.6 Å². The third-order valence-corrected chi connectivity index (χ3v) is 3.22. The molecule has 0 fully saturated rings. The number of carbonyl (C=O) groups excluding carboxylic acids is 1. The number of ether oxygens (including phenoxy) is 1. The predicted octanol–water partition coefficient (Wildman–Crippen LogP) is 2.68. The summed E-state index contributed by atoms with van der Waals surface area (Å²) in [6.45, 7) is 4.41. The van der Waals surface area contributed by atoms with Crippen molar-refractivity contribution >= 4 is 5.97 Å². The Morgan fingerprint density at radius 1 is 1.30 bits per heavy atom. The van der Waals surface area contributed by atoms with Gasteiger partial charge in [-0.25, -0.2) is 4.98 Å². The van der Waals surface area contributed by atoms with E-state index in [4.69, 9.17) is 4.74 Å². The molecule has 0 aliphatic heterocycles. The van der Waals surface area contributed by atoms with Crippen LogP contribution in [0.25, 0.3) is 0 Å². The van der Waals surface area contributed by atoms with Gasteiger partial charge < -0.3 is 4.74 Å². The Balaban J connectivity index is 1.89. The third kappa shape index (κ3) is 3.91. The lowest BCUT2D eigenvalue weighted by atomic mass is 9.92. The number of aromatic amines is 1. The SMILES string of the molecule is CC(C)[C@H](CC(=O)OCc1ccccc1)c1ncn[nH]1. The van der Waals surface area contributed by atoms with Gasteiger partial charge in [0.05, 0.1) is 6.42 Å². The summed E-state index contributed by atoms with van der Waals surface area (Å²) in [5.74, 6) is 0.800. The first-order valence-corrected chi connectivity index (χ1v) is 6.71. The molecule has 0 saturated carbocycles. The van der Waals surface area contributed by atoms with Gasteiger partial charge in [-0.3, -0.25) is 9.89 Å². The number of nitrogens with zero attached hydrogens (tertiary/aromatic N) is 2. The number of aromatic nitrogens is 3. The monoisotopic (exact) mass is 273 g/mol. The molecule has 2 rings (SSSR count). The minimum absolute atomic E-state index is 0.000716. The maximum atomic E-state index is 11.9. The predicted molar refractivity (Wildman–Crippen MR) is 74.8 cm³/mol. The van der Waals surface area contributed by atoms with Gasteiger partial charge in [-0.05, 0) is 11.5 Å². The van der Waals surface area contributed by atoms with Crippen LogP contribution in [0.5, 0.6) is 0 Å². The average Bonchev–Trinajstić information content (AvgIpc) is 2.97. The molecule has 0 aliphatic rings. The minimum atomic E-state index is -0.219. The van der Waals surface area contributed by atoms with Gasteiger partial charge in [0.15, 0.2) is 0 Å². The average molecular weight is 273 g/mol. The molecule has 0 amide bonds. The van der Waals surface area contributed by atoms with Gasteiger partial charge in [0.1, 0.15) is 18.8 Å². The Labute approximate surface area is 118 Å². The molecule has 1 N–H and O–H groups in total. The molecule has 0 bridgehead atoms. The van der Waals surface area contributed by atoms with E-state index in [-0.39, 0.29) is 17.8 Å². The Bertz CT molecular complexity index is 523. The molecule has 0 aliphatic carbocycles. The molecular formula is C15H19N3O2. The first-order chi connectivity index (χ1) is 9.66. The maximum absolute atomic E-state index is 11.9. The zero-order chi connectivity index (χ0) is 14.4. The van der Waals surface area contributed by atoms with Crippen LogP contribution in [0.15, 0.2) is 36.7 Å². The fourth-order valence-corrected chi connectivity index (χ4v) is 2.02. The Morgan fingerprint density at radius 3 is 2.65 bits per heavy atom. The van der Waals surface area contributed by atoms with Crippen LogP contribution in [0.2, 0.25) is 0 Å². The summed E-state index contributed by atoms with van der Waals surface area (Å²) in [7, 11) is 0. The summed E-state index contributed by atoms with van der Waals surface area (Å²) in [6, 6.07) is 9.65. The van der Waals surface area contributed by atoms with Crippen LogP contribution < -0.4 is 0 Å². The Morgan fingerprint density at radius 2 is 2.05 bits per heavy atom. The van der Waals surface area contributed by atoms with Crippen molar-refractivity contribution in [3.8, 4) is 0 Å². The first kappa shape index (κ1) is 14.2. The van der Waals surface area contributed by atoms with Gasteiger partial charge in [0.2, 0.25) is 0 Å². The van der Waals surface area contributed by atoms with Gasteiger partial charge in [-0.15, -0.1) is 0 Å². The highest BCUT2D eigenvalue weighted by Crippen LogP contribution is 2.25. The number of nitrogens with one attached hydrogen (secondary N) is 1. The van der Waals surface area contributed by atoms with E-state index in [2.05, 4.69) is 29.0 Å². The van der Waals surface area contributed by atoms with Crippen LogP contribution in [0.3, 0.4) is 0 Å². The number of esters is 1. The molecule has 0 unspecified atom stereocenters. The van der Waals surface area contributed by atoms with E-state index in [0.717, 1.165) is 11.4 Å². The molecule has 5 heteroatoms. The number of hydrogen-bond acceptors (Lipinski definition) is 4. The van der Waals surface area contributed by atoms with E-state index in [0.29, 0.717) is 13.0 Å². The second kappa shape index (κ2) is 6.84. The minimum Gasteiger partial charge on any atom is -0.461 e. The van der Waals surface area contributed by atoms with E-state index in [1.807, 2.05) is 30.3 Å². The number of carbonyl (C=O) groups is 1. The summed E-state index contributed by atoms with van der Waals surface area (Å²) >= 11 is 0. The van der Waals surface area contributed by atoms with Gasteiger partial charge in [0.25, 0.3) is 0 Å². The first-order valence-electron chi connectivity index (χ1n) is 6.71. The second-order valence-electron chi connectivity index (χ2n) is 5.07. The second-order valence-corrected chi connectivity index (χ2v) is 5.07. The summed E-state index contributed by atoms with van der Waals surface area (Å²) in [5, 5.41) is 6.67. The van der Waals surface area contributed by atoms with E-state index in [1.54, 1.807) is 0 Å². The van der Waals surface area contributed by atoms with Crippen molar-refractivity contribution in [1.82, 2.24) is 15.2 Å². The largest absolute Gasteiger partial charge is 0.461 e. The molecule has 0 radical (unpaired) electrons. The van der Waals surface area contributed by atoms with Crippen LogP contribution in [0, 0.1) is 5.92 Å². The smallest absolute Gasteiger partial charge is 0.306 e. The quantitative estimate of drug-likeness (QED) is 0.822. The van der Waals surface area contributed by atoms with Crippen LogP contribution >= 0.6 is 0 Å². The Hall–Kier alpha value is -2.17. The molecule has 20 heavy (non-hydrogen) atoms. The van der Waals surface area contributed by atoms with Crippen molar-refractivity contribution in [3.05, 3.63) is 48.0 Å². The summed E-state index contributed by atoms with van der Waals surface area (Å²) in [5.41, 5.74) is 0.988. The standard InChI is InChI=1S/C15H19N3O2/c1-11(2)13(15-16-10-17-18-15)8-14(19)20-9-12-6-4-3-5-7-12/h3-7,10-11,13H,8-9H2,1-2H3,(H,16,17,18)/t13-/m0/s1. The van der Waals surface area contributed by atoms with E-state index in [9.17, 15) is 4.79 Å². The molecule has 2 aromatic rings. The molecule has 0 spiro atoms. The summed E-state index contributed by atoms with van der Waals surface area (Å²) in [6.07, 6.45) is 1.76. The molecule has 1 aromatic carbocycles. The zero-order valence-corrected chi connectivity index (χ0v) is 11.7. The van der Waals surface area contributed by atoms with Gasteiger partial charge in [-0.1, -0.05) is 44.2 Å². The van der Waals surface area contributed by atoms with Crippen molar-refractivity contribution in [2.24, 2.45) is 5.92 Å². The van der Waals surface area contributed by atoms with Crippen molar-refractivity contribution in [1.29, 1.82) is 0 Å². The highest BCUT2D eigenvalue weighted by atomic mass is 16.5. The lowest BCUT2D eigenvalue weighted by Gasteiger charge is -2.17. The lowest BCUT2D eigenvalue weighted by molar-refractivity contribution is -0.145. The fourth-order valence-electron chi connectivity index (χ4n) is 2.02. The highest BCUT2D eigenvalue weighted by molar-refractivity contribution is 5.70. The van der Waals surface area contributed by atoms with Crippen LogP contribution in [-0.2, 0) is 16.1 Å². The summed E-state index contributed by atoms with van der Waals surface area (Å²) < 4.78 is 5.31. The van der Waals surface area contributed by atoms with Crippen molar-refractivity contribution in [2.45, 2.75) is 32.8 Å². The van der Waals surface area contributed by atoms with Crippen molar-refractivity contribution in [2.75, 3.05) is 0 Å². The topological polar surface area (TPSA) is 67.9 Å². The molecule has 0 saturated heterocycles. The number of benzene rings is 1. The number of hydrogen-bond donors (Lipinski definition) is 1. The van der Waals surface area contributed by atoms with E-state index >= 15 is 0 Å². The van der Waals surface area contributed by atoms with E-state index < -0.39 is 0 Å². The maximum Gasteiger partial charge on any atom is 0.306 e. The molecule has 106 valence electrons. The number of H-pyrrole nitrogens is 1. The van der Waals surface area contributed by atoms with Gasteiger partial charge in [-0.2, -0.15) is 5.10 Å². The van der Waals surface area contributed by atoms with E-state index in [1.165, 1.54) is 6.33 Å². The fraction of sp³-hybridized carbons (Fsp3) is 0.400. The number of rotatable bonds is 6. The molecule has 5 nitrogen and oxygen atoms in total. The van der Waals surface area contributed by atoms with Crippen molar-refractivity contribution in [3.63, 3.8) is 0 Å². The summed E-state index contributed by atoms with van der Waals surface area (Å²) in [4.78, 5) is 16.1. The van der Waals surface area contributed by atoms with Crippen LogP contribution in [0.4, 0.5) is 0 Å². The molecular weight excluding hydrogens is 254 g/mol.